The van der Waals surface area contributed by atoms with Crippen LogP contribution in [0, 0.1) is 0 Å². The first-order valence-corrected chi connectivity index (χ1v) is 7.33. The second-order valence-corrected chi connectivity index (χ2v) is 5.27. The van der Waals surface area contributed by atoms with Gasteiger partial charge in [-0.05, 0) is 5.56 Å². The maximum Gasteiger partial charge on any atom is 0.407 e. The first kappa shape index (κ1) is 15.4. The highest BCUT2D eigenvalue weighted by atomic mass is 16.5. The van der Waals surface area contributed by atoms with Crippen molar-refractivity contribution in [1.82, 2.24) is 20.3 Å². The van der Waals surface area contributed by atoms with Crippen molar-refractivity contribution >= 4 is 6.09 Å². The Morgan fingerprint density at radius 3 is 2.96 bits per heavy atom. The summed E-state index contributed by atoms with van der Waals surface area (Å²) in [5, 5.41) is 19.6. The molecule has 122 valence electrons. The Kier molecular flexibility index (Phi) is 4.84. The van der Waals surface area contributed by atoms with Gasteiger partial charge in [-0.25, -0.2) is 9.48 Å². The Hall–Kier alpha value is -2.45. The van der Waals surface area contributed by atoms with Crippen molar-refractivity contribution < 1.29 is 19.4 Å². The third-order valence-electron chi connectivity index (χ3n) is 3.63. The molecule has 1 aliphatic heterocycles. The number of hydrogen-bond donors (Lipinski definition) is 2. The van der Waals surface area contributed by atoms with Gasteiger partial charge in [0, 0.05) is 0 Å². The van der Waals surface area contributed by atoms with E-state index in [1.807, 2.05) is 30.3 Å². The number of aliphatic hydroxyl groups excluding tert-OH is 1. The topological polar surface area (TPSA) is 98.5 Å². The second-order valence-electron chi connectivity index (χ2n) is 5.27. The molecule has 1 amide bonds. The molecule has 1 saturated heterocycles. The molecule has 0 aliphatic carbocycles. The highest BCUT2D eigenvalue weighted by molar-refractivity contribution is 5.67. The molecule has 1 aromatic carbocycles. The van der Waals surface area contributed by atoms with Crippen LogP contribution in [0.1, 0.15) is 17.3 Å². The first-order chi connectivity index (χ1) is 11.3. The van der Waals surface area contributed by atoms with Gasteiger partial charge in [-0.15, -0.1) is 5.10 Å². The molecule has 2 aromatic rings. The summed E-state index contributed by atoms with van der Waals surface area (Å²) in [4.78, 5) is 11.9. The number of aliphatic hydroxyl groups is 1. The Labute approximate surface area is 133 Å². The largest absolute Gasteiger partial charge is 0.445 e. The van der Waals surface area contributed by atoms with Gasteiger partial charge >= 0.3 is 6.09 Å². The molecule has 1 aliphatic rings. The fraction of sp³-hybridized carbons (Fsp3) is 0.400. The molecule has 2 heterocycles. The minimum atomic E-state index is -0.503. The predicted octanol–water partition coefficient (Wildman–Crippen LogP) is 0.637. The average molecular weight is 318 g/mol. The highest BCUT2D eigenvalue weighted by Crippen LogP contribution is 2.19. The molecule has 0 radical (unpaired) electrons. The van der Waals surface area contributed by atoms with Gasteiger partial charge < -0.3 is 19.9 Å². The summed E-state index contributed by atoms with van der Waals surface area (Å²) in [5.74, 6) is 0. The fourth-order valence-corrected chi connectivity index (χ4v) is 2.41. The molecule has 2 atom stereocenters. The van der Waals surface area contributed by atoms with Crippen LogP contribution in [0.5, 0.6) is 0 Å². The van der Waals surface area contributed by atoms with E-state index in [1.165, 1.54) is 0 Å². The Balaban J connectivity index is 1.54. The number of amides is 1. The minimum absolute atomic E-state index is 0.174. The number of benzene rings is 1. The molecular formula is C15H18N4O4. The zero-order chi connectivity index (χ0) is 16.1. The normalized spacial score (nSPS) is 20.4. The molecule has 0 saturated carbocycles. The number of ether oxygens (including phenoxy) is 2. The summed E-state index contributed by atoms with van der Waals surface area (Å²) < 4.78 is 12.2. The summed E-state index contributed by atoms with van der Waals surface area (Å²) in [5.41, 5.74) is 1.40. The minimum Gasteiger partial charge on any atom is -0.445 e. The van der Waals surface area contributed by atoms with E-state index in [9.17, 15) is 4.79 Å². The standard InChI is InChI=1S/C15H18N4O4/c20-7-12-6-19(18-17-12)14-10-22-9-13(14)16-15(21)23-8-11-4-2-1-3-5-11/h1-6,13-14,20H,7-10H2,(H,16,21)/t13-,14+/m0/s1. The number of carbonyl (C=O) groups excluding carboxylic acids is 1. The molecule has 0 spiro atoms. The monoisotopic (exact) mass is 318 g/mol. The van der Waals surface area contributed by atoms with Gasteiger partial charge in [-0.1, -0.05) is 35.5 Å². The van der Waals surface area contributed by atoms with E-state index in [4.69, 9.17) is 14.6 Å². The summed E-state index contributed by atoms with van der Waals surface area (Å²) in [6, 6.07) is 9.03. The second kappa shape index (κ2) is 7.21. The maximum atomic E-state index is 11.9. The van der Waals surface area contributed by atoms with Gasteiger partial charge in [0.15, 0.2) is 0 Å². The quantitative estimate of drug-likeness (QED) is 0.839. The number of nitrogens with one attached hydrogen (secondary N) is 1. The summed E-state index contributed by atoms with van der Waals surface area (Å²) in [6.45, 7) is 0.824. The highest BCUT2D eigenvalue weighted by Gasteiger charge is 2.32. The van der Waals surface area contributed by atoms with Crippen LogP contribution in [0.2, 0.25) is 0 Å². The van der Waals surface area contributed by atoms with Crippen molar-refractivity contribution in [2.24, 2.45) is 0 Å². The van der Waals surface area contributed by atoms with E-state index in [2.05, 4.69) is 15.6 Å². The summed E-state index contributed by atoms with van der Waals surface area (Å²) in [6.07, 6.45) is 1.14. The number of alkyl carbamates (subject to hydrolysis) is 1. The van der Waals surface area contributed by atoms with Crippen LogP contribution < -0.4 is 5.32 Å². The van der Waals surface area contributed by atoms with E-state index in [-0.39, 0.29) is 25.3 Å². The van der Waals surface area contributed by atoms with Crippen LogP contribution in [0.3, 0.4) is 0 Å². The van der Waals surface area contributed by atoms with Crippen LogP contribution in [-0.2, 0) is 22.7 Å². The molecule has 23 heavy (non-hydrogen) atoms. The zero-order valence-electron chi connectivity index (χ0n) is 12.5. The van der Waals surface area contributed by atoms with Crippen molar-refractivity contribution in [3.05, 3.63) is 47.8 Å². The predicted molar refractivity (Wildman–Crippen MR) is 79.4 cm³/mol. The lowest BCUT2D eigenvalue weighted by Gasteiger charge is -2.18. The lowest BCUT2D eigenvalue weighted by molar-refractivity contribution is 0.131. The van der Waals surface area contributed by atoms with Crippen molar-refractivity contribution in [3.63, 3.8) is 0 Å². The Bertz CT molecular complexity index is 646. The SMILES string of the molecule is O=C(N[C@H]1COC[C@H]1n1cc(CO)nn1)OCc1ccccc1. The molecule has 2 N–H and O–H groups in total. The molecule has 0 unspecified atom stereocenters. The summed E-state index contributed by atoms with van der Waals surface area (Å²) in [7, 11) is 0. The number of aromatic nitrogens is 3. The molecule has 3 rings (SSSR count). The average Bonchev–Trinajstić information content (AvgIpc) is 3.22. The van der Waals surface area contributed by atoms with Gasteiger partial charge in [-0.3, -0.25) is 0 Å². The fourth-order valence-electron chi connectivity index (χ4n) is 2.41. The van der Waals surface area contributed by atoms with Crippen LogP contribution in [0.15, 0.2) is 36.5 Å². The first-order valence-electron chi connectivity index (χ1n) is 7.33. The molecular weight excluding hydrogens is 300 g/mol. The zero-order valence-corrected chi connectivity index (χ0v) is 12.5. The van der Waals surface area contributed by atoms with E-state index >= 15 is 0 Å². The number of hydrogen-bond acceptors (Lipinski definition) is 6. The molecule has 1 fully saturated rings. The van der Waals surface area contributed by atoms with Gasteiger partial charge in [0.1, 0.15) is 12.3 Å². The molecule has 8 heteroatoms. The number of nitrogens with zero attached hydrogens (tertiary/aromatic N) is 3. The van der Waals surface area contributed by atoms with Gasteiger partial charge in [0.2, 0.25) is 0 Å². The number of carbonyl (C=O) groups is 1. The lowest BCUT2D eigenvalue weighted by Crippen LogP contribution is -2.41. The van der Waals surface area contributed by atoms with Crippen LogP contribution in [-0.4, -0.2) is 45.4 Å². The van der Waals surface area contributed by atoms with E-state index < -0.39 is 6.09 Å². The summed E-state index contributed by atoms with van der Waals surface area (Å²) >= 11 is 0. The van der Waals surface area contributed by atoms with Gasteiger partial charge in [0.25, 0.3) is 0 Å². The molecule has 8 nitrogen and oxygen atoms in total. The van der Waals surface area contributed by atoms with Crippen LogP contribution in [0.4, 0.5) is 4.79 Å². The maximum absolute atomic E-state index is 11.9. The van der Waals surface area contributed by atoms with Crippen molar-refractivity contribution in [2.45, 2.75) is 25.3 Å². The smallest absolute Gasteiger partial charge is 0.407 e. The van der Waals surface area contributed by atoms with E-state index in [0.29, 0.717) is 18.9 Å². The van der Waals surface area contributed by atoms with Crippen molar-refractivity contribution in [3.8, 4) is 0 Å². The van der Waals surface area contributed by atoms with Crippen LogP contribution >= 0.6 is 0 Å². The van der Waals surface area contributed by atoms with E-state index in [1.54, 1.807) is 10.9 Å². The lowest BCUT2D eigenvalue weighted by atomic mass is 10.2. The third kappa shape index (κ3) is 3.85. The van der Waals surface area contributed by atoms with Gasteiger partial charge in [0.05, 0.1) is 38.1 Å². The van der Waals surface area contributed by atoms with Crippen molar-refractivity contribution in [2.75, 3.05) is 13.2 Å². The van der Waals surface area contributed by atoms with Gasteiger partial charge in [-0.2, -0.15) is 0 Å². The van der Waals surface area contributed by atoms with Crippen molar-refractivity contribution in [1.29, 1.82) is 0 Å². The van der Waals surface area contributed by atoms with Crippen LogP contribution in [0.25, 0.3) is 0 Å². The Morgan fingerprint density at radius 2 is 2.22 bits per heavy atom. The number of rotatable bonds is 5. The Morgan fingerprint density at radius 1 is 1.39 bits per heavy atom. The third-order valence-corrected chi connectivity index (χ3v) is 3.63. The molecule has 0 bridgehead atoms. The van der Waals surface area contributed by atoms with E-state index in [0.717, 1.165) is 5.56 Å². The molecule has 1 aromatic heterocycles.